The molecule has 0 bridgehead atoms. The van der Waals surface area contributed by atoms with Crippen molar-refractivity contribution in [3.05, 3.63) is 64.2 Å². The monoisotopic (exact) mass is 346 g/mol. The number of non-ortho nitro benzene ring substituents is 1. The molecule has 0 aliphatic heterocycles. The first kappa shape index (κ1) is 16.4. The van der Waals surface area contributed by atoms with Gasteiger partial charge in [-0.2, -0.15) is 0 Å². The number of nitro groups is 1. The fraction of sp³-hybridized carbons (Fsp3) is 0.294. The van der Waals surface area contributed by atoms with Crippen LogP contribution in [-0.4, -0.2) is 26.1 Å². The van der Waals surface area contributed by atoms with E-state index in [0.717, 1.165) is 18.7 Å². The van der Waals surface area contributed by atoms with Crippen molar-refractivity contribution < 1.29 is 13.3 Å². The molecule has 0 amide bonds. The van der Waals surface area contributed by atoms with Gasteiger partial charge in [0.25, 0.3) is 5.69 Å². The molecular formula is C17H18N2O4S. The first-order valence-electron chi connectivity index (χ1n) is 7.63. The standard InChI is InChI=1S/C17H18N2O4S/c1-24(22,23)17-10-14(19(20)21)7-8-16(17)18-11-13-9-15(13)12-5-3-2-4-6-12/h2-8,10,13,15,18H,9,11H2,1H3. The summed E-state index contributed by atoms with van der Waals surface area (Å²) in [6.07, 6.45) is 2.11. The molecule has 2 atom stereocenters. The Labute approximate surface area is 140 Å². The molecule has 1 aliphatic rings. The third-order valence-corrected chi connectivity index (χ3v) is 5.42. The molecule has 0 radical (unpaired) electrons. The van der Waals surface area contributed by atoms with Gasteiger partial charge in [-0.3, -0.25) is 10.1 Å². The maximum Gasteiger partial charge on any atom is 0.270 e. The zero-order valence-corrected chi connectivity index (χ0v) is 14.0. The second-order valence-corrected chi connectivity index (χ2v) is 8.09. The Morgan fingerprint density at radius 1 is 1.21 bits per heavy atom. The molecule has 0 heterocycles. The first-order valence-corrected chi connectivity index (χ1v) is 9.52. The smallest absolute Gasteiger partial charge is 0.270 e. The summed E-state index contributed by atoms with van der Waals surface area (Å²) in [6.45, 7) is 0.639. The molecular weight excluding hydrogens is 328 g/mol. The van der Waals surface area contributed by atoms with Crippen LogP contribution in [0.3, 0.4) is 0 Å². The van der Waals surface area contributed by atoms with Crippen LogP contribution in [0.2, 0.25) is 0 Å². The lowest BCUT2D eigenvalue weighted by Crippen LogP contribution is -2.10. The van der Waals surface area contributed by atoms with Crippen molar-refractivity contribution in [2.24, 2.45) is 5.92 Å². The maximum absolute atomic E-state index is 11.9. The summed E-state index contributed by atoms with van der Waals surface area (Å²) in [5.41, 5.74) is 1.48. The summed E-state index contributed by atoms with van der Waals surface area (Å²) in [5, 5.41) is 14.0. The Kier molecular flexibility index (Phi) is 4.28. The van der Waals surface area contributed by atoms with Gasteiger partial charge in [0.05, 0.1) is 15.5 Å². The highest BCUT2D eigenvalue weighted by molar-refractivity contribution is 7.90. The van der Waals surface area contributed by atoms with Gasteiger partial charge in [-0.25, -0.2) is 8.42 Å². The highest BCUT2D eigenvalue weighted by Crippen LogP contribution is 2.47. The summed E-state index contributed by atoms with van der Waals surface area (Å²) in [5.74, 6) is 0.924. The summed E-state index contributed by atoms with van der Waals surface area (Å²) in [4.78, 5) is 10.2. The minimum atomic E-state index is -3.55. The molecule has 126 valence electrons. The zero-order chi connectivity index (χ0) is 17.3. The quantitative estimate of drug-likeness (QED) is 0.641. The van der Waals surface area contributed by atoms with E-state index in [-0.39, 0.29) is 10.6 Å². The summed E-state index contributed by atoms with van der Waals surface area (Å²) in [7, 11) is -3.55. The normalized spacial score (nSPS) is 19.7. The molecule has 1 aliphatic carbocycles. The third kappa shape index (κ3) is 3.56. The van der Waals surface area contributed by atoms with Crippen molar-refractivity contribution in [2.45, 2.75) is 17.2 Å². The minimum absolute atomic E-state index is 0.0337. The lowest BCUT2D eigenvalue weighted by atomic mass is 10.1. The van der Waals surface area contributed by atoms with Gasteiger partial charge in [0.2, 0.25) is 0 Å². The van der Waals surface area contributed by atoms with E-state index in [1.165, 1.54) is 17.7 Å². The number of hydrogen-bond acceptors (Lipinski definition) is 5. The number of rotatable bonds is 6. The van der Waals surface area contributed by atoms with Gasteiger partial charge in [-0.05, 0) is 29.9 Å². The number of anilines is 1. The van der Waals surface area contributed by atoms with E-state index in [2.05, 4.69) is 17.4 Å². The second kappa shape index (κ2) is 6.24. The fourth-order valence-electron chi connectivity index (χ4n) is 2.90. The summed E-state index contributed by atoms with van der Waals surface area (Å²) < 4.78 is 23.8. The average molecular weight is 346 g/mol. The van der Waals surface area contributed by atoms with E-state index in [0.29, 0.717) is 24.1 Å². The Balaban J connectivity index is 1.73. The minimum Gasteiger partial charge on any atom is -0.384 e. The number of nitro benzene ring substituents is 1. The maximum atomic E-state index is 11.9. The van der Waals surface area contributed by atoms with E-state index >= 15 is 0 Å². The number of sulfone groups is 1. The van der Waals surface area contributed by atoms with Crippen LogP contribution in [0.4, 0.5) is 11.4 Å². The lowest BCUT2D eigenvalue weighted by Gasteiger charge is -2.11. The molecule has 3 rings (SSSR count). The van der Waals surface area contributed by atoms with Crippen molar-refractivity contribution >= 4 is 21.2 Å². The number of nitrogens with one attached hydrogen (secondary N) is 1. The van der Waals surface area contributed by atoms with Crippen molar-refractivity contribution in [3.63, 3.8) is 0 Å². The highest BCUT2D eigenvalue weighted by Gasteiger charge is 2.37. The molecule has 24 heavy (non-hydrogen) atoms. The van der Waals surface area contributed by atoms with Crippen LogP contribution >= 0.6 is 0 Å². The largest absolute Gasteiger partial charge is 0.384 e. The number of hydrogen-bond donors (Lipinski definition) is 1. The first-order chi connectivity index (χ1) is 11.4. The van der Waals surface area contributed by atoms with Crippen LogP contribution in [-0.2, 0) is 9.84 Å². The van der Waals surface area contributed by atoms with Crippen LogP contribution in [0, 0.1) is 16.0 Å². The molecule has 0 spiro atoms. The topological polar surface area (TPSA) is 89.3 Å². The molecule has 1 N–H and O–H groups in total. The van der Waals surface area contributed by atoms with E-state index < -0.39 is 14.8 Å². The molecule has 7 heteroatoms. The third-order valence-electron chi connectivity index (χ3n) is 4.28. The molecule has 0 aromatic heterocycles. The van der Waals surface area contributed by atoms with E-state index in [1.54, 1.807) is 0 Å². The predicted molar refractivity (Wildman–Crippen MR) is 92.0 cm³/mol. The Bertz CT molecular complexity index is 865. The average Bonchev–Trinajstić information content (AvgIpc) is 3.32. The van der Waals surface area contributed by atoms with Gasteiger partial charge >= 0.3 is 0 Å². The van der Waals surface area contributed by atoms with Crippen LogP contribution in [0.25, 0.3) is 0 Å². The predicted octanol–water partition coefficient (Wildman–Crippen LogP) is 3.21. The van der Waals surface area contributed by atoms with Crippen LogP contribution < -0.4 is 5.32 Å². The lowest BCUT2D eigenvalue weighted by molar-refractivity contribution is -0.385. The van der Waals surface area contributed by atoms with Gasteiger partial charge in [-0.1, -0.05) is 30.3 Å². The van der Waals surface area contributed by atoms with Gasteiger partial charge in [0.1, 0.15) is 0 Å². The van der Waals surface area contributed by atoms with Gasteiger partial charge < -0.3 is 5.32 Å². The van der Waals surface area contributed by atoms with E-state index in [1.807, 2.05) is 18.2 Å². The Morgan fingerprint density at radius 2 is 1.92 bits per heavy atom. The summed E-state index contributed by atoms with van der Waals surface area (Å²) in [6, 6.07) is 14.1. The molecule has 0 saturated heterocycles. The van der Waals surface area contributed by atoms with Crippen molar-refractivity contribution in [1.29, 1.82) is 0 Å². The molecule has 1 fully saturated rings. The van der Waals surface area contributed by atoms with Gasteiger partial charge in [-0.15, -0.1) is 0 Å². The molecule has 2 aromatic rings. The van der Waals surface area contributed by atoms with E-state index in [9.17, 15) is 18.5 Å². The van der Waals surface area contributed by atoms with Crippen molar-refractivity contribution in [2.75, 3.05) is 18.1 Å². The molecule has 1 saturated carbocycles. The Hall–Kier alpha value is -2.41. The van der Waals surface area contributed by atoms with E-state index in [4.69, 9.17) is 0 Å². The van der Waals surface area contributed by atoms with Crippen LogP contribution in [0.1, 0.15) is 17.9 Å². The molecule has 2 aromatic carbocycles. The highest BCUT2D eigenvalue weighted by atomic mass is 32.2. The van der Waals surface area contributed by atoms with Gasteiger partial charge in [0.15, 0.2) is 9.84 Å². The SMILES string of the molecule is CS(=O)(=O)c1cc([N+](=O)[O-])ccc1NCC1CC1c1ccccc1. The van der Waals surface area contributed by atoms with Crippen LogP contribution in [0.15, 0.2) is 53.4 Å². The summed E-state index contributed by atoms with van der Waals surface area (Å²) >= 11 is 0. The number of nitrogens with zero attached hydrogens (tertiary/aromatic N) is 1. The van der Waals surface area contributed by atoms with Crippen LogP contribution in [0.5, 0.6) is 0 Å². The van der Waals surface area contributed by atoms with Crippen molar-refractivity contribution in [3.8, 4) is 0 Å². The molecule has 2 unspecified atom stereocenters. The fourth-order valence-corrected chi connectivity index (χ4v) is 3.77. The molecule has 6 nitrogen and oxygen atoms in total. The van der Waals surface area contributed by atoms with Crippen molar-refractivity contribution in [1.82, 2.24) is 0 Å². The zero-order valence-electron chi connectivity index (χ0n) is 13.2. The Morgan fingerprint density at radius 3 is 2.54 bits per heavy atom. The van der Waals surface area contributed by atoms with Gasteiger partial charge in [0, 0.05) is 24.9 Å². The number of benzene rings is 2. The second-order valence-electron chi connectivity index (χ2n) is 6.10.